The lowest BCUT2D eigenvalue weighted by atomic mass is 10.1. The second-order valence-electron chi connectivity index (χ2n) is 4.85. The Hall–Kier alpha value is -2.37. The maximum Gasteiger partial charge on any atom is 0.413 e. The molecule has 0 unspecified atom stereocenters. The van der Waals surface area contributed by atoms with Crippen LogP contribution in [-0.2, 0) is 4.74 Å². The van der Waals surface area contributed by atoms with E-state index in [2.05, 4.69) is 5.32 Å². The number of amides is 1. The fourth-order valence-corrected chi connectivity index (χ4v) is 1.36. The third-order valence-corrected chi connectivity index (χ3v) is 2.05. The van der Waals surface area contributed by atoms with Gasteiger partial charge in [0.1, 0.15) is 11.4 Å². The van der Waals surface area contributed by atoms with E-state index in [4.69, 9.17) is 15.3 Å². The molecule has 0 spiro atoms. The smallest absolute Gasteiger partial charge is 0.413 e. The highest BCUT2D eigenvalue weighted by atomic mass is 16.6. The molecule has 0 aromatic heterocycles. The summed E-state index contributed by atoms with van der Waals surface area (Å²) in [7, 11) is 0. The third-order valence-electron chi connectivity index (χ3n) is 2.05. The van der Waals surface area contributed by atoms with Gasteiger partial charge >= 0.3 is 12.1 Å². The highest BCUT2D eigenvalue weighted by Crippen LogP contribution is 2.10. The minimum Gasteiger partial charge on any atom is -0.478 e. The van der Waals surface area contributed by atoms with Crippen molar-refractivity contribution in [1.82, 2.24) is 5.32 Å². The van der Waals surface area contributed by atoms with Gasteiger partial charge in [0.15, 0.2) is 0 Å². The Morgan fingerprint density at radius 3 is 2.21 bits per heavy atom. The van der Waals surface area contributed by atoms with Gasteiger partial charge in [0.05, 0.1) is 5.56 Å². The highest BCUT2D eigenvalue weighted by molar-refractivity contribution is 6.10. The first-order valence-electron chi connectivity index (χ1n) is 5.62. The monoisotopic (exact) mass is 264 g/mol. The number of hydrogen-bond acceptors (Lipinski definition) is 4. The van der Waals surface area contributed by atoms with Crippen molar-refractivity contribution in [1.29, 1.82) is 5.41 Å². The van der Waals surface area contributed by atoms with E-state index >= 15 is 0 Å². The number of amidine groups is 1. The molecule has 0 fully saturated rings. The van der Waals surface area contributed by atoms with Gasteiger partial charge < -0.3 is 9.84 Å². The number of rotatable bonds is 2. The molecule has 0 radical (unpaired) electrons. The Morgan fingerprint density at radius 1 is 1.21 bits per heavy atom. The van der Waals surface area contributed by atoms with Gasteiger partial charge in [0.25, 0.3) is 0 Å². The summed E-state index contributed by atoms with van der Waals surface area (Å²) in [5, 5.41) is 18.9. The highest BCUT2D eigenvalue weighted by Gasteiger charge is 2.19. The Bertz CT molecular complexity index is 518. The molecule has 0 heterocycles. The summed E-state index contributed by atoms with van der Waals surface area (Å²) >= 11 is 0. The van der Waals surface area contributed by atoms with Crippen molar-refractivity contribution in [2.45, 2.75) is 26.4 Å². The molecule has 19 heavy (non-hydrogen) atoms. The van der Waals surface area contributed by atoms with E-state index in [9.17, 15) is 9.59 Å². The zero-order valence-electron chi connectivity index (χ0n) is 11.0. The molecular formula is C13H16N2O4. The van der Waals surface area contributed by atoms with Crippen LogP contribution in [0.3, 0.4) is 0 Å². The number of ether oxygens (including phenoxy) is 1. The average molecular weight is 264 g/mol. The van der Waals surface area contributed by atoms with Gasteiger partial charge in [-0.25, -0.2) is 9.59 Å². The van der Waals surface area contributed by atoms with E-state index in [0.717, 1.165) is 0 Å². The second-order valence-corrected chi connectivity index (χ2v) is 4.85. The van der Waals surface area contributed by atoms with Crippen molar-refractivity contribution < 1.29 is 19.4 Å². The Balaban J connectivity index is 2.85. The van der Waals surface area contributed by atoms with Gasteiger partial charge in [0, 0.05) is 5.56 Å². The Kier molecular flexibility index (Phi) is 4.26. The first-order valence-corrected chi connectivity index (χ1v) is 5.62. The van der Waals surface area contributed by atoms with E-state index < -0.39 is 17.7 Å². The summed E-state index contributed by atoms with van der Waals surface area (Å²) in [5.41, 5.74) is -0.610. The first-order chi connectivity index (χ1) is 8.70. The zero-order chi connectivity index (χ0) is 14.6. The molecular weight excluding hydrogens is 248 g/mol. The normalized spacial score (nSPS) is 10.7. The molecule has 1 amide bonds. The first kappa shape index (κ1) is 14.7. The molecule has 0 bridgehead atoms. The van der Waals surface area contributed by atoms with Crippen LogP contribution in [0.4, 0.5) is 4.79 Å². The van der Waals surface area contributed by atoms with Crippen LogP contribution in [0.25, 0.3) is 0 Å². The SMILES string of the molecule is CC(C)(C)OC(=O)NC(=N)c1ccccc1C(=O)O. The molecule has 0 atom stereocenters. The number of aromatic carboxylic acids is 1. The quantitative estimate of drug-likeness (QED) is 0.563. The fourth-order valence-electron chi connectivity index (χ4n) is 1.36. The summed E-state index contributed by atoms with van der Waals surface area (Å²) in [5.74, 6) is -1.47. The van der Waals surface area contributed by atoms with Crippen LogP contribution < -0.4 is 5.32 Å². The van der Waals surface area contributed by atoms with Crippen LogP contribution in [0.5, 0.6) is 0 Å². The maximum atomic E-state index is 11.5. The van der Waals surface area contributed by atoms with Crippen LogP contribution in [0, 0.1) is 5.41 Å². The maximum absolute atomic E-state index is 11.5. The van der Waals surface area contributed by atoms with Gasteiger partial charge in [-0.15, -0.1) is 0 Å². The summed E-state index contributed by atoms with van der Waals surface area (Å²) in [4.78, 5) is 22.5. The third kappa shape index (κ3) is 4.42. The van der Waals surface area contributed by atoms with Gasteiger partial charge in [-0.3, -0.25) is 10.7 Å². The van der Waals surface area contributed by atoms with E-state index in [-0.39, 0.29) is 17.0 Å². The number of alkyl carbamates (subject to hydrolysis) is 1. The molecule has 3 N–H and O–H groups in total. The summed E-state index contributed by atoms with van der Waals surface area (Å²) in [6.45, 7) is 5.09. The second kappa shape index (κ2) is 5.51. The van der Waals surface area contributed by atoms with Crippen molar-refractivity contribution in [2.24, 2.45) is 0 Å². The molecule has 1 rings (SSSR count). The van der Waals surface area contributed by atoms with Gasteiger partial charge in [0.2, 0.25) is 0 Å². The molecule has 6 heteroatoms. The van der Waals surface area contributed by atoms with Crippen LogP contribution in [0.2, 0.25) is 0 Å². The molecule has 0 aliphatic heterocycles. The van der Waals surface area contributed by atoms with E-state index in [1.165, 1.54) is 12.1 Å². The number of carbonyl (C=O) groups excluding carboxylic acids is 1. The molecule has 0 saturated carbocycles. The van der Waals surface area contributed by atoms with Crippen molar-refractivity contribution in [3.8, 4) is 0 Å². The van der Waals surface area contributed by atoms with Gasteiger partial charge in [-0.1, -0.05) is 18.2 Å². The Morgan fingerprint density at radius 2 is 1.74 bits per heavy atom. The Labute approximate surface area is 110 Å². The van der Waals surface area contributed by atoms with Crippen LogP contribution >= 0.6 is 0 Å². The van der Waals surface area contributed by atoms with Crippen LogP contribution in [0.1, 0.15) is 36.7 Å². The zero-order valence-corrected chi connectivity index (χ0v) is 11.0. The standard InChI is InChI=1S/C13H16N2O4/c1-13(2,3)19-12(18)15-10(14)8-6-4-5-7-9(8)11(16)17/h4-7H,1-3H3,(H,16,17)(H2,14,15,18). The molecule has 6 nitrogen and oxygen atoms in total. The molecule has 0 aliphatic rings. The topological polar surface area (TPSA) is 99.5 Å². The predicted octanol–water partition coefficient (Wildman–Crippen LogP) is 2.23. The summed E-state index contributed by atoms with van der Waals surface area (Å²) < 4.78 is 4.99. The lowest BCUT2D eigenvalue weighted by molar-refractivity contribution is 0.0561. The summed E-state index contributed by atoms with van der Waals surface area (Å²) in [6, 6.07) is 5.95. The van der Waals surface area contributed by atoms with E-state index in [1.54, 1.807) is 32.9 Å². The number of hydrogen-bond donors (Lipinski definition) is 3. The van der Waals surface area contributed by atoms with Crippen molar-refractivity contribution in [2.75, 3.05) is 0 Å². The average Bonchev–Trinajstić information content (AvgIpc) is 2.26. The van der Waals surface area contributed by atoms with Crippen molar-refractivity contribution >= 4 is 17.9 Å². The molecule has 1 aromatic carbocycles. The molecule has 0 saturated heterocycles. The van der Waals surface area contributed by atoms with E-state index in [1.807, 2.05) is 0 Å². The predicted molar refractivity (Wildman–Crippen MR) is 69.6 cm³/mol. The van der Waals surface area contributed by atoms with Crippen molar-refractivity contribution in [3.63, 3.8) is 0 Å². The van der Waals surface area contributed by atoms with Gasteiger partial charge in [-0.2, -0.15) is 0 Å². The van der Waals surface area contributed by atoms with E-state index in [0.29, 0.717) is 0 Å². The minimum atomic E-state index is -1.16. The fraction of sp³-hybridized carbons (Fsp3) is 0.308. The molecule has 1 aromatic rings. The van der Waals surface area contributed by atoms with Gasteiger partial charge in [-0.05, 0) is 26.8 Å². The van der Waals surface area contributed by atoms with Crippen LogP contribution in [-0.4, -0.2) is 28.6 Å². The number of carboxylic acid groups (broad SMARTS) is 1. The molecule has 102 valence electrons. The minimum absolute atomic E-state index is 0.0523. The number of carboxylic acids is 1. The number of carbonyl (C=O) groups is 2. The largest absolute Gasteiger partial charge is 0.478 e. The lowest BCUT2D eigenvalue weighted by Gasteiger charge is -2.20. The van der Waals surface area contributed by atoms with Crippen molar-refractivity contribution in [3.05, 3.63) is 35.4 Å². The summed E-state index contributed by atoms with van der Waals surface area (Å²) in [6.07, 6.45) is -0.794. The number of benzene rings is 1. The molecule has 0 aliphatic carbocycles. The number of nitrogens with one attached hydrogen (secondary N) is 2. The lowest BCUT2D eigenvalue weighted by Crippen LogP contribution is -2.36. The van der Waals surface area contributed by atoms with Crippen LogP contribution in [0.15, 0.2) is 24.3 Å².